The Morgan fingerprint density at radius 3 is 2.59 bits per heavy atom. The number of hydrogen-bond acceptors (Lipinski definition) is 7. The highest BCUT2D eigenvalue weighted by molar-refractivity contribution is 7.89. The number of pyridine rings is 1. The molecule has 29 heavy (non-hydrogen) atoms. The van der Waals surface area contributed by atoms with Crippen molar-refractivity contribution in [1.29, 1.82) is 5.26 Å². The van der Waals surface area contributed by atoms with Gasteiger partial charge in [-0.25, -0.2) is 8.42 Å². The second-order valence-corrected chi connectivity index (χ2v) is 9.36. The van der Waals surface area contributed by atoms with Gasteiger partial charge >= 0.3 is 5.97 Å². The maximum atomic E-state index is 12.6. The fraction of sp³-hybridized carbons (Fsp3) is 0.579. The van der Waals surface area contributed by atoms with Gasteiger partial charge in [0.25, 0.3) is 5.91 Å². The summed E-state index contributed by atoms with van der Waals surface area (Å²) in [6.45, 7) is -0.0437. The molecule has 2 fully saturated rings. The molecule has 1 aliphatic heterocycles. The molecule has 0 spiro atoms. The minimum Gasteiger partial charge on any atom is -0.455 e. The van der Waals surface area contributed by atoms with E-state index in [4.69, 9.17) is 4.74 Å². The molecule has 0 atom stereocenters. The second kappa shape index (κ2) is 8.88. The number of hydrogen-bond donors (Lipinski definition) is 1. The molecule has 1 N–H and O–H groups in total. The lowest BCUT2D eigenvalue weighted by atomic mass is 9.98. The standard InChI is InChI=1S/C19H24N4O5S/c20-14-19(7-1-2-8-19)22-17(24)13-28-18(25)15-5-10-23(11-6-15)29(26,27)16-4-3-9-21-12-16/h3-4,9,12,15H,1-2,5-8,10-11,13H2,(H,22,24). The first kappa shape index (κ1) is 21.2. The van der Waals surface area contributed by atoms with Gasteiger partial charge in [0.05, 0.1) is 12.0 Å². The van der Waals surface area contributed by atoms with Crippen molar-refractivity contribution in [3.63, 3.8) is 0 Å². The number of nitrogens with zero attached hydrogens (tertiary/aromatic N) is 3. The Kier molecular flexibility index (Phi) is 6.49. The number of carbonyl (C=O) groups is 2. The zero-order chi connectivity index (χ0) is 20.9. The molecular weight excluding hydrogens is 396 g/mol. The maximum Gasteiger partial charge on any atom is 0.309 e. The summed E-state index contributed by atoms with van der Waals surface area (Å²) in [5.41, 5.74) is -0.852. The highest BCUT2D eigenvalue weighted by Crippen LogP contribution is 2.29. The van der Waals surface area contributed by atoms with E-state index in [1.54, 1.807) is 6.07 Å². The van der Waals surface area contributed by atoms with E-state index in [9.17, 15) is 23.3 Å². The molecule has 1 aromatic heterocycles. The van der Waals surface area contributed by atoms with E-state index in [0.717, 1.165) is 12.8 Å². The van der Waals surface area contributed by atoms with Crippen molar-refractivity contribution in [1.82, 2.24) is 14.6 Å². The minimum atomic E-state index is -3.64. The predicted molar refractivity (Wildman–Crippen MR) is 102 cm³/mol. The lowest BCUT2D eigenvalue weighted by Gasteiger charge is -2.30. The molecular formula is C19H24N4O5S. The summed E-state index contributed by atoms with van der Waals surface area (Å²) in [7, 11) is -3.64. The summed E-state index contributed by atoms with van der Waals surface area (Å²) in [5.74, 6) is -1.46. The topological polar surface area (TPSA) is 129 Å². The molecule has 1 saturated carbocycles. The van der Waals surface area contributed by atoms with Crippen molar-refractivity contribution in [3.8, 4) is 6.07 Å². The van der Waals surface area contributed by atoms with E-state index in [0.29, 0.717) is 25.7 Å². The van der Waals surface area contributed by atoms with Gasteiger partial charge in [0.2, 0.25) is 10.0 Å². The molecule has 1 saturated heterocycles. The van der Waals surface area contributed by atoms with Crippen LogP contribution in [-0.2, 0) is 24.3 Å². The lowest BCUT2D eigenvalue weighted by molar-refractivity contribution is -0.154. The van der Waals surface area contributed by atoms with Gasteiger partial charge in [-0.2, -0.15) is 9.57 Å². The highest BCUT2D eigenvalue weighted by Gasteiger charge is 2.36. The number of esters is 1. The van der Waals surface area contributed by atoms with Crippen molar-refractivity contribution in [2.24, 2.45) is 5.92 Å². The number of nitriles is 1. The summed E-state index contributed by atoms with van der Waals surface area (Å²) in [5, 5.41) is 12.0. The molecule has 2 heterocycles. The van der Waals surface area contributed by atoms with Crippen LogP contribution in [0.25, 0.3) is 0 Å². The Morgan fingerprint density at radius 1 is 1.31 bits per heavy atom. The van der Waals surface area contributed by atoms with Crippen molar-refractivity contribution in [3.05, 3.63) is 24.5 Å². The zero-order valence-electron chi connectivity index (χ0n) is 16.0. The summed E-state index contributed by atoms with van der Waals surface area (Å²) < 4.78 is 31.6. The second-order valence-electron chi connectivity index (χ2n) is 7.42. The fourth-order valence-corrected chi connectivity index (χ4v) is 5.22. The number of nitrogens with one attached hydrogen (secondary N) is 1. The van der Waals surface area contributed by atoms with Gasteiger partial charge < -0.3 is 10.1 Å². The van der Waals surface area contributed by atoms with Gasteiger partial charge in [-0.1, -0.05) is 0 Å². The molecule has 1 aromatic rings. The van der Waals surface area contributed by atoms with Crippen LogP contribution in [0.4, 0.5) is 0 Å². The number of piperidine rings is 1. The van der Waals surface area contributed by atoms with Crippen LogP contribution in [-0.4, -0.2) is 54.8 Å². The van der Waals surface area contributed by atoms with E-state index >= 15 is 0 Å². The Morgan fingerprint density at radius 2 is 2.00 bits per heavy atom. The van der Waals surface area contributed by atoms with Crippen LogP contribution in [0.3, 0.4) is 0 Å². The number of aromatic nitrogens is 1. The third kappa shape index (κ3) is 4.92. The quantitative estimate of drug-likeness (QED) is 0.679. The molecule has 9 nitrogen and oxygen atoms in total. The van der Waals surface area contributed by atoms with Gasteiger partial charge in [-0.05, 0) is 50.7 Å². The molecule has 0 radical (unpaired) electrons. The van der Waals surface area contributed by atoms with Crippen LogP contribution in [0, 0.1) is 17.2 Å². The molecule has 1 amide bonds. The number of ether oxygens (including phenoxy) is 1. The third-order valence-corrected chi connectivity index (χ3v) is 7.34. The van der Waals surface area contributed by atoms with Gasteiger partial charge in [0.1, 0.15) is 10.4 Å². The monoisotopic (exact) mass is 420 g/mol. The lowest BCUT2D eigenvalue weighted by Crippen LogP contribution is -2.47. The first-order chi connectivity index (χ1) is 13.9. The largest absolute Gasteiger partial charge is 0.455 e. The van der Waals surface area contributed by atoms with E-state index in [-0.39, 0.29) is 18.0 Å². The molecule has 2 aliphatic rings. The van der Waals surface area contributed by atoms with E-state index < -0.39 is 40.0 Å². The number of carbonyl (C=O) groups excluding carboxylic acids is 2. The average Bonchev–Trinajstić information content (AvgIpc) is 3.21. The summed E-state index contributed by atoms with van der Waals surface area (Å²) in [6, 6.07) is 5.20. The predicted octanol–water partition coefficient (Wildman–Crippen LogP) is 0.978. The van der Waals surface area contributed by atoms with E-state index in [1.165, 1.54) is 22.8 Å². The molecule has 156 valence electrons. The summed E-state index contributed by atoms with van der Waals surface area (Å²) in [4.78, 5) is 28.3. The Labute approximate surface area is 170 Å². The zero-order valence-corrected chi connectivity index (χ0v) is 16.9. The first-order valence-corrected chi connectivity index (χ1v) is 11.1. The van der Waals surface area contributed by atoms with Crippen molar-refractivity contribution in [2.45, 2.75) is 49.0 Å². The van der Waals surface area contributed by atoms with E-state index in [2.05, 4.69) is 16.4 Å². The van der Waals surface area contributed by atoms with Crippen molar-refractivity contribution < 1.29 is 22.7 Å². The minimum absolute atomic E-state index is 0.121. The SMILES string of the molecule is N#CC1(NC(=O)COC(=O)C2CCN(S(=O)(=O)c3cccnc3)CC2)CCCC1. The molecule has 3 rings (SSSR count). The normalized spacial score (nSPS) is 20.0. The fourth-order valence-electron chi connectivity index (χ4n) is 3.78. The molecule has 1 aliphatic carbocycles. The number of sulfonamides is 1. The average molecular weight is 420 g/mol. The van der Waals surface area contributed by atoms with Gasteiger partial charge in [0.15, 0.2) is 6.61 Å². The van der Waals surface area contributed by atoms with Crippen molar-refractivity contribution in [2.75, 3.05) is 19.7 Å². The first-order valence-electron chi connectivity index (χ1n) is 9.65. The summed E-state index contributed by atoms with van der Waals surface area (Å²) in [6.07, 6.45) is 6.42. The summed E-state index contributed by atoms with van der Waals surface area (Å²) >= 11 is 0. The smallest absolute Gasteiger partial charge is 0.309 e. The van der Waals surface area contributed by atoms with Gasteiger partial charge in [-0.15, -0.1) is 0 Å². The Balaban J connectivity index is 1.47. The van der Waals surface area contributed by atoms with E-state index in [1.807, 2.05) is 0 Å². The van der Waals surface area contributed by atoms with Crippen LogP contribution in [0.2, 0.25) is 0 Å². The van der Waals surface area contributed by atoms with Gasteiger partial charge in [0, 0.05) is 25.5 Å². The van der Waals surface area contributed by atoms with Crippen LogP contribution >= 0.6 is 0 Å². The molecule has 0 aromatic carbocycles. The van der Waals surface area contributed by atoms with Crippen LogP contribution in [0.1, 0.15) is 38.5 Å². The van der Waals surface area contributed by atoms with Crippen molar-refractivity contribution >= 4 is 21.9 Å². The highest BCUT2D eigenvalue weighted by atomic mass is 32.2. The Bertz CT molecular complexity index is 883. The number of amides is 1. The maximum absolute atomic E-state index is 12.6. The van der Waals surface area contributed by atoms with Crippen LogP contribution < -0.4 is 5.32 Å². The van der Waals surface area contributed by atoms with Gasteiger partial charge in [-0.3, -0.25) is 14.6 Å². The molecule has 0 unspecified atom stereocenters. The molecule has 10 heteroatoms. The van der Waals surface area contributed by atoms with Crippen LogP contribution in [0.15, 0.2) is 29.4 Å². The number of rotatable bonds is 6. The molecule has 0 bridgehead atoms. The third-order valence-electron chi connectivity index (χ3n) is 5.45. The van der Waals surface area contributed by atoms with Crippen LogP contribution in [0.5, 0.6) is 0 Å². The Hall–Kier alpha value is -2.51.